The minimum absolute atomic E-state index is 0.0492. The van der Waals surface area contributed by atoms with Gasteiger partial charge in [0.25, 0.3) is 5.91 Å². The fourth-order valence-electron chi connectivity index (χ4n) is 3.55. The maximum absolute atomic E-state index is 14.2. The summed E-state index contributed by atoms with van der Waals surface area (Å²) in [6, 6.07) is 3.75. The van der Waals surface area contributed by atoms with Gasteiger partial charge in [0.15, 0.2) is 5.67 Å². The highest BCUT2D eigenvalue weighted by Crippen LogP contribution is 2.44. The van der Waals surface area contributed by atoms with E-state index in [9.17, 15) is 9.18 Å². The van der Waals surface area contributed by atoms with E-state index in [4.69, 9.17) is 9.47 Å². The summed E-state index contributed by atoms with van der Waals surface area (Å²) in [7, 11) is 0. The van der Waals surface area contributed by atoms with Crippen molar-refractivity contribution in [2.75, 3.05) is 13.2 Å². The van der Waals surface area contributed by atoms with Gasteiger partial charge < -0.3 is 14.4 Å². The lowest BCUT2D eigenvalue weighted by Crippen LogP contribution is -2.46. The Morgan fingerprint density at radius 2 is 2.22 bits per heavy atom. The summed E-state index contributed by atoms with van der Waals surface area (Å²) in [5.41, 5.74) is -0.594. The second kappa shape index (κ2) is 5.83. The predicted octanol–water partition coefficient (Wildman–Crippen LogP) is 1.86. The van der Waals surface area contributed by atoms with Crippen LogP contribution in [-0.2, 0) is 20.9 Å². The topological polar surface area (TPSA) is 51.7 Å². The highest BCUT2D eigenvalue weighted by molar-refractivity contribution is 5.88. The third kappa shape index (κ3) is 2.85. The van der Waals surface area contributed by atoms with E-state index in [0.717, 1.165) is 18.4 Å². The van der Waals surface area contributed by atoms with Crippen molar-refractivity contribution in [3.05, 3.63) is 30.1 Å². The van der Waals surface area contributed by atoms with Crippen LogP contribution in [0.1, 0.15) is 31.2 Å². The molecule has 0 spiro atoms. The van der Waals surface area contributed by atoms with Gasteiger partial charge >= 0.3 is 0 Å². The Bertz CT molecular complexity index is 578. The number of hydrogen-bond acceptors (Lipinski definition) is 4. The second-order valence-electron chi connectivity index (χ2n) is 6.67. The first-order valence-electron chi connectivity index (χ1n) is 8.29. The van der Waals surface area contributed by atoms with Crippen molar-refractivity contribution in [3.63, 3.8) is 0 Å². The lowest BCUT2D eigenvalue weighted by molar-refractivity contribution is -0.141. The summed E-state index contributed by atoms with van der Waals surface area (Å²) in [5.74, 6) is -0.368. The minimum atomic E-state index is -1.62. The molecule has 3 atom stereocenters. The van der Waals surface area contributed by atoms with Gasteiger partial charge in [-0.25, -0.2) is 4.39 Å². The molecule has 2 saturated heterocycles. The number of ether oxygens (including phenoxy) is 2. The van der Waals surface area contributed by atoms with Crippen molar-refractivity contribution in [1.82, 2.24) is 9.88 Å². The average Bonchev–Trinajstić information content (AvgIpc) is 3.24. The normalized spacial score (nSPS) is 31.7. The largest absolute Gasteiger partial charge is 0.373 e. The summed E-state index contributed by atoms with van der Waals surface area (Å²) in [4.78, 5) is 18.1. The lowest BCUT2D eigenvalue weighted by atomic mass is 10.0. The first-order chi connectivity index (χ1) is 11.2. The Morgan fingerprint density at radius 3 is 2.96 bits per heavy atom. The average molecular weight is 320 g/mol. The molecular weight excluding hydrogens is 299 g/mol. The SMILES string of the molecule is O=C(N1C[C@H](OCc2ccncc2)[C@H]2OCCC[C@H]21)C1(F)CC1. The number of rotatable bonds is 4. The molecule has 2 aliphatic heterocycles. The summed E-state index contributed by atoms with van der Waals surface area (Å²) < 4.78 is 26.1. The first-order valence-corrected chi connectivity index (χ1v) is 8.29. The predicted molar refractivity (Wildman–Crippen MR) is 80.4 cm³/mol. The zero-order valence-corrected chi connectivity index (χ0v) is 13.0. The number of amides is 1. The number of nitrogens with zero attached hydrogens (tertiary/aromatic N) is 2. The van der Waals surface area contributed by atoms with Crippen LogP contribution in [0.15, 0.2) is 24.5 Å². The van der Waals surface area contributed by atoms with Crippen molar-refractivity contribution in [3.8, 4) is 0 Å². The molecule has 0 N–H and O–H groups in total. The van der Waals surface area contributed by atoms with Gasteiger partial charge in [-0.3, -0.25) is 9.78 Å². The van der Waals surface area contributed by atoms with Crippen LogP contribution in [0.3, 0.4) is 0 Å². The third-order valence-electron chi connectivity index (χ3n) is 5.02. The van der Waals surface area contributed by atoms with Crippen LogP contribution < -0.4 is 0 Å². The number of likely N-dealkylation sites (tertiary alicyclic amines) is 1. The standard InChI is InChI=1S/C17H21FN2O3/c18-17(5-6-17)16(21)20-10-14(15-13(20)2-1-9-22-15)23-11-12-3-7-19-8-4-12/h3-4,7-8,13-15H,1-2,5-6,9-11H2/t13-,14+,15+/m1/s1. The van der Waals surface area contributed by atoms with Gasteiger partial charge in [0.1, 0.15) is 12.2 Å². The molecule has 23 heavy (non-hydrogen) atoms. The highest BCUT2D eigenvalue weighted by Gasteiger charge is 2.57. The maximum Gasteiger partial charge on any atom is 0.260 e. The van der Waals surface area contributed by atoms with Crippen LogP contribution >= 0.6 is 0 Å². The molecule has 1 amide bonds. The van der Waals surface area contributed by atoms with Gasteiger partial charge in [-0.1, -0.05) is 0 Å². The number of carbonyl (C=O) groups is 1. The number of halogens is 1. The fourth-order valence-corrected chi connectivity index (χ4v) is 3.55. The number of alkyl halides is 1. The quantitative estimate of drug-likeness (QED) is 0.850. The molecule has 0 radical (unpaired) electrons. The van der Waals surface area contributed by atoms with E-state index in [1.807, 2.05) is 12.1 Å². The molecule has 1 aromatic rings. The van der Waals surface area contributed by atoms with E-state index in [1.54, 1.807) is 17.3 Å². The summed E-state index contributed by atoms with van der Waals surface area (Å²) in [6.45, 7) is 1.55. The van der Waals surface area contributed by atoms with E-state index in [2.05, 4.69) is 4.98 Å². The molecule has 3 aliphatic rings. The molecule has 1 aliphatic carbocycles. The minimum Gasteiger partial charge on any atom is -0.373 e. The highest BCUT2D eigenvalue weighted by atomic mass is 19.1. The molecule has 3 fully saturated rings. The van der Waals surface area contributed by atoms with Gasteiger partial charge in [0.2, 0.25) is 0 Å². The molecular formula is C17H21FN2O3. The van der Waals surface area contributed by atoms with Crippen LogP contribution in [0.25, 0.3) is 0 Å². The number of fused-ring (bicyclic) bond motifs is 1. The summed E-state index contributed by atoms with van der Waals surface area (Å²) in [6.07, 6.45) is 5.58. The van der Waals surface area contributed by atoms with Crippen LogP contribution in [-0.4, -0.2) is 52.9 Å². The van der Waals surface area contributed by atoms with Gasteiger partial charge in [0, 0.05) is 19.0 Å². The van der Waals surface area contributed by atoms with Crippen molar-refractivity contribution >= 4 is 5.91 Å². The van der Waals surface area contributed by atoms with Crippen LogP contribution in [0.2, 0.25) is 0 Å². The maximum atomic E-state index is 14.2. The first kappa shape index (κ1) is 15.0. The number of pyridine rings is 1. The van der Waals surface area contributed by atoms with Gasteiger partial charge in [-0.05, 0) is 43.4 Å². The smallest absolute Gasteiger partial charge is 0.260 e. The van der Waals surface area contributed by atoms with Crippen molar-refractivity contribution in [2.24, 2.45) is 0 Å². The van der Waals surface area contributed by atoms with E-state index in [0.29, 0.717) is 32.6 Å². The monoisotopic (exact) mass is 320 g/mol. The molecule has 4 rings (SSSR count). The molecule has 0 unspecified atom stereocenters. The molecule has 6 heteroatoms. The van der Waals surface area contributed by atoms with Crippen molar-refractivity contribution < 1.29 is 18.7 Å². The number of carbonyl (C=O) groups excluding carboxylic acids is 1. The van der Waals surface area contributed by atoms with Gasteiger partial charge in [0.05, 0.1) is 19.2 Å². The van der Waals surface area contributed by atoms with Crippen molar-refractivity contribution in [2.45, 2.75) is 56.2 Å². The molecule has 1 aromatic heterocycles. The van der Waals surface area contributed by atoms with E-state index in [-0.39, 0.29) is 24.2 Å². The van der Waals surface area contributed by atoms with E-state index < -0.39 is 5.67 Å². The van der Waals surface area contributed by atoms with Crippen LogP contribution in [0, 0.1) is 0 Å². The Morgan fingerprint density at radius 1 is 1.43 bits per heavy atom. The van der Waals surface area contributed by atoms with Gasteiger partial charge in [-0.15, -0.1) is 0 Å². The van der Waals surface area contributed by atoms with E-state index >= 15 is 0 Å². The lowest BCUT2D eigenvalue weighted by Gasteiger charge is -2.32. The Balaban J connectivity index is 1.45. The molecule has 0 aromatic carbocycles. The van der Waals surface area contributed by atoms with Crippen LogP contribution in [0.4, 0.5) is 4.39 Å². The van der Waals surface area contributed by atoms with E-state index in [1.165, 1.54) is 0 Å². The molecule has 1 saturated carbocycles. The van der Waals surface area contributed by atoms with Gasteiger partial charge in [-0.2, -0.15) is 0 Å². The molecule has 0 bridgehead atoms. The second-order valence-corrected chi connectivity index (χ2v) is 6.67. The number of hydrogen-bond donors (Lipinski definition) is 0. The fraction of sp³-hybridized carbons (Fsp3) is 0.647. The molecule has 124 valence electrons. The number of aromatic nitrogens is 1. The summed E-state index contributed by atoms with van der Waals surface area (Å²) >= 11 is 0. The Hall–Kier alpha value is -1.53. The third-order valence-corrected chi connectivity index (χ3v) is 5.02. The zero-order chi connectivity index (χ0) is 15.9. The Labute approximate surface area is 134 Å². The van der Waals surface area contributed by atoms with Crippen LogP contribution in [0.5, 0.6) is 0 Å². The Kier molecular flexibility index (Phi) is 3.81. The zero-order valence-electron chi connectivity index (χ0n) is 13.0. The van der Waals surface area contributed by atoms with Crippen molar-refractivity contribution in [1.29, 1.82) is 0 Å². The molecule has 5 nitrogen and oxygen atoms in total. The molecule has 3 heterocycles. The summed E-state index contributed by atoms with van der Waals surface area (Å²) in [5, 5.41) is 0.